The number of para-hydroxylation sites is 1. The summed E-state index contributed by atoms with van der Waals surface area (Å²) in [5.41, 5.74) is 4.24. The molecule has 0 spiro atoms. The van der Waals surface area contributed by atoms with Gasteiger partial charge >= 0.3 is 6.03 Å². The fourth-order valence-electron chi connectivity index (χ4n) is 3.16. The van der Waals surface area contributed by atoms with Crippen molar-refractivity contribution >= 4 is 52.0 Å². The van der Waals surface area contributed by atoms with Gasteiger partial charge in [-0.1, -0.05) is 35.9 Å². The van der Waals surface area contributed by atoms with Crippen molar-refractivity contribution in [3.05, 3.63) is 70.4 Å². The highest BCUT2D eigenvalue weighted by Crippen LogP contribution is 2.27. The molecule has 2 heterocycles. The maximum absolute atomic E-state index is 11.5. The first-order valence-electron chi connectivity index (χ1n) is 9.60. The van der Waals surface area contributed by atoms with Gasteiger partial charge in [0.15, 0.2) is 5.82 Å². The minimum absolute atomic E-state index is 0.181. The fourth-order valence-corrected chi connectivity index (χ4v) is 3.58. The predicted octanol–water partition coefficient (Wildman–Crippen LogP) is 3.16. The normalized spacial score (nSPS) is 13.9. The Hall–Kier alpha value is -3.25. The number of benzene rings is 2. The highest BCUT2D eigenvalue weighted by Gasteiger charge is 2.13. The fraction of sp³-hybridized carbons (Fsp3) is 0.150. The van der Waals surface area contributed by atoms with E-state index in [4.69, 9.17) is 16.2 Å². The molecule has 1 aliphatic heterocycles. The highest BCUT2D eigenvalue weighted by molar-refractivity contribution is 7.77. The maximum atomic E-state index is 11.5. The molecule has 0 saturated carbocycles. The summed E-state index contributed by atoms with van der Waals surface area (Å²) >= 11 is 4.17. The van der Waals surface area contributed by atoms with Gasteiger partial charge in [0.1, 0.15) is 5.02 Å². The van der Waals surface area contributed by atoms with Crippen LogP contribution in [0.2, 0.25) is 5.02 Å². The zero-order valence-electron chi connectivity index (χ0n) is 16.7. The molecule has 12 heteroatoms. The lowest BCUT2D eigenvalue weighted by Crippen LogP contribution is -2.31. The Kier molecular flexibility index (Phi) is 6.81. The van der Waals surface area contributed by atoms with E-state index in [2.05, 4.69) is 36.0 Å². The third-order valence-corrected chi connectivity index (χ3v) is 5.41. The van der Waals surface area contributed by atoms with E-state index >= 15 is 0 Å². The van der Waals surface area contributed by atoms with Crippen molar-refractivity contribution in [2.75, 3.05) is 10.6 Å². The summed E-state index contributed by atoms with van der Waals surface area (Å²) < 4.78 is 22.4. The molecule has 0 radical (unpaired) electrons. The average molecular weight is 474 g/mol. The number of nitrogens with one attached hydrogen (secondary N) is 5. The van der Waals surface area contributed by atoms with Crippen LogP contribution >= 0.6 is 11.6 Å². The number of rotatable bonds is 7. The number of urea groups is 1. The second-order valence-corrected chi connectivity index (χ2v) is 8.08. The molecular formula is C20H20ClN7O3S. The number of hydrogen-bond donors (Lipinski definition) is 6. The van der Waals surface area contributed by atoms with Gasteiger partial charge in [-0.25, -0.2) is 18.7 Å². The molecule has 1 aliphatic rings. The maximum Gasteiger partial charge on any atom is 0.315 e. The van der Waals surface area contributed by atoms with E-state index in [1.807, 2.05) is 42.5 Å². The van der Waals surface area contributed by atoms with E-state index in [-0.39, 0.29) is 12.6 Å². The third kappa shape index (κ3) is 5.51. The van der Waals surface area contributed by atoms with E-state index in [0.717, 1.165) is 22.4 Å². The number of carbonyl (C=O) groups is 1. The molecule has 1 atom stereocenters. The number of nitrogens with zero attached hydrogens (tertiary/aromatic N) is 2. The molecule has 166 valence electrons. The molecule has 2 aromatic carbocycles. The first-order chi connectivity index (χ1) is 15.5. The van der Waals surface area contributed by atoms with Crippen molar-refractivity contribution in [3.8, 4) is 0 Å². The molecule has 4 rings (SSSR count). The Morgan fingerprint density at radius 1 is 1.09 bits per heavy atom. The molecule has 0 fully saturated rings. The number of anilines is 4. The summed E-state index contributed by atoms with van der Waals surface area (Å²) in [4.78, 5) is 20.2. The molecule has 6 N–H and O–H groups in total. The van der Waals surface area contributed by atoms with Gasteiger partial charge < -0.3 is 21.3 Å². The van der Waals surface area contributed by atoms with Gasteiger partial charge in [0.2, 0.25) is 17.2 Å². The molecule has 2 amide bonds. The first-order valence-corrected chi connectivity index (χ1v) is 11.1. The number of amides is 2. The number of halogens is 1. The Morgan fingerprint density at radius 3 is 2.69 bits per heavy atom. The first kappa shape index (κ1) is 22.0. The lowest BCUT2D eigenvalue weighted by Gasteiger charge is -2.14. The van der Waals surface area contributed by atoms with Gasteiger partial charge in [0, 0.05) is 31.0 Å². The topological polar surface area (TPSA) is 140 Å². The summed E-state index contributed by atoms with van der Waals surface area (Å²) in [6.45, 7) is 1.07. The second-order valence-electron chi connectivity index (χ2n) is 6.89. The second kappa shape index (κ2) is 9.92. The van der Waals surface area contributed by atoms with Crippen LogP contribution in [0.4, 0.5) is 27.9 Å². The number of aromatic nitrogens is 2. The van der Waals surface area contributed by atoms with Crippen molar-refractivity contribution in [2.24, 2.45) is 0 Å². The van der Waals surface area contributed by atoms with Crippen LogP contribution in [0.5, 0.6) is 0 Å². The molecule has 10 nitrogen and oxygen atoms in total. The minimum atomic E-state index is -2.12. The zero-order valence-corrected chi connectivity index (χ0v) is 18.3. The van der Waals surface area contributed by atoms with E-state index < -0.39 is 11.3 Å². The number of hydrogen-bond acceptors (Lipinski definition) is 6. The van der Waals surface area contributed by atoms with Crippen LogP contribution in [0.3, 0.4) is 0 Å². The van der Waals surface area contributed by atoms with E-state index in [0.29, 0.717) is 35.6 Å². The smallest absolute Gasteiger partial charge is 0.315 e. The third-order valence-electron chi connectivity index (χ3n) is 4.74. The summed E-state index contributed by atoms with van der Waals surface area (Å²) in [7, 11) is 0. The van der Waals surface area contributed by atoms with Gasteiger partial charge in [-0.3, -0.25) is 4.55 Å². The van der Waals surface area contributed by atoms with Crippen LogP contribution < -0.4 is 26.0 Å². The zero-order chi connectivity index (χ0) is 22.5. The Labute approximate surface area is 191 Å². The largest absolute Gasteiger partial charge is 0.339 e. The van der Waals surface area contributed by atoms with Gasteiger partial charge in [-0.15, -0.1) is 0 Å². The van der Waals surface area contributed by atoms with E-state index in [1.54, 1.807) is 0 Å². The molecule has 1 unspecified atom stereocenters. The molecule has 1 aromatic heterocycles. The molecule has 0 saturated heterocycles. The Morgan fingerprint density at radius 2 is 1.88 bits per heavy atom. The van der Waals surface area contributed by atoms with Crippen molar-refractivity contribution < 1.29 is 13.6 Å². The van der Waals surface area contributed by atoms with Crippen LogP contribution in [-0.2, 0) is 30.9 Å². The SMILES string of the molecule is O=C1NCc2ccc(Nc3ncc(Cl)c(Nc4ccccc4CNS(=O)O)n3)cc2CN1. The van der Waals surface area contributed by atoms with Crippen molar-refractivity contribution in [3.63, 3.8) is 0 Å². The van der Waals surface area contributed by atoms with Crippen LogP contribution in [0, 0.1) is 0 Å². The van der Waals surface area contributed by atoms with Crippen LogP contribution in [0.15, 0.2) is 48.7 Å². The average Bonchev–Trinajstić information content (AvgIpc) is 2.96. The molecule has 3 aromatic rings. The molecular weight excluding hydrogens is 454 g/mol. The van der Waals surface area contributed by atoms with E-state index in [9.17, 15) is 9.00 Å². The predicted molar refractivity (Wildman–Crippen MR) is 123 cm³/mol. The van der Waals surface area contributed by atoms with Gasteiger partial charge in [-0.05, 0) is 34.9 Å². The van der Waals surface area contributed by atoms with Gasteiger partial charge in [-0.2, -0.15) is 4.98 Å². The summed E-state index contributed by atoms with van der Waals surface area (Å²) in [6, 6.07) is 12.9. The quantitative estimate of drug-likeness (QED) is 0.289. The molecule has 32 heavy (non-hydrogen) atoms. The van der Waals surface area contributed by atoms with E-state index in [1.165, 1.54) is 6.20 Å². The Bertz CT molecular complexity index is 1180. The monoisotopic (exact) mass is 473 g/mol. The highest BCUT2D eigenvalue weighted by atomic mass is 35.5. The van der Waals surface area contributed by atoms with Crippen molar-refractivity contribution in [2.45, 2.75) is 19.6 Å². The molecule has 0 aliphatic carbocycles. The summed E-state index contributed by atoms with van der Waals surface area (Å²) in [5, 5.41) is 12.2. The van der Waals surface area contributed by atoms with Crippen molar-refractivity contribution in [1.82, 2.24) is 25.3 Å². The van der Waals surface area contributed by atoms with Gasteiger partial charge in [0.25, 0.3) is 0 Å². The van der Waals surface area contributed by atoms with Gasteiger partial charge in [0.05, 0.1) is 6.20 Å². The van der Waals surface area contributed by atoms with Crippen LogP contribution in [0.1, 0.15) is 16.7 Å². The number of carbonyl (C=O) groups excluding carboxylic acids is 1. The standard InChI is InChI=1S/C20H20ClN7O3S/c21-16-11-22-19(26-15-6-5-12-8-23-20(29)24-9-14(12)7-15)28-18(16)27-17-4-2-1-3-13(17)10-25-32(30)31/h1-7,11,25H,8-10H2,(H,30,31)(H2,23,24,29)(H2,22,26,27,28). The Balaban J connectivity index is 1.53. The summed E-state index contributed by atoms with van der Waals surface area (Å²) in [6.07, 6.45) is 1.48. The molecule has 0 bridgehead atoms. The number of fused-ring (bicyclic) bond motifs is 1. The minimum Gasteiger partial charge on any atom is -0.339 e. The lowest BCUT2D eigenvalue weighted by molar-refractivity contribution is 0.241. The van der Waals surface area contributed by atoms with Crippen molar-refractivity contribution in [1.29, 1.82) is 0 Å². The summed E-state index contributed by atoms with van der Waals surface area (Å²) in [5.74, 6) is 0.715. The van der Waals surface area contributed by atoms with Crippen LogP contribution in [0.25, 0.3) is 0 Å². The van der Waals surface area contributed by atoms with Crippen LogP contribution in [-0.4, -0.2) is 24.8 Å². The lowest BCUT2D eigenvalue weighted by atomic mass is 10.1.